The molecule has 27 heavy (non-hydrogen) atoms. The van der Waals surface area contributed by atoms with Gasteiger partial charge in [0.25, 0.3) is 0 Å². The molecule has 140 valence electrons. The third kappa shape index (κ3) is 4.58. The number of aromatic hydroxyl groups is 1. The Morgan fingerprint density at radius 2 is 1.89 bits per heavy atom. The van der Waals surface area contributed by atoms with Gasteiger partial charge >= 0.3 is 12.0 Å². The number of amides is 2. The number of hydrogen-bond acceptors (Lipinski definition) is 5. The molecule has 1 aliphatic heterocycles. The summed E-state index contributed by atoms with van der Waals surface area (Å²) in [6, 6.07) is 14.4. The smallest absolute Gasteiger partial charge is 0.338 e. The molecule has 1 heterocycles. The molecular formula is C20H20N2O5. The predicted molar refractivity (Wildman–Crippen MR) is 98.1 cm³/mol. The molecule has 1 aliphatic rings. The van der Waals surface area contributed by atoms with E-state index in [4.69, 9.17) is 9.47 Å². The number of phenols is 1. The van der Waals surface area contributed by atoms with Gasteiger partial charge in [0.2, 0.25) is 0 Å². The Morgan fingerprint density at radius 3 is 2.63 bits per heavy atom. The first kappa shape index (κ1) is 18.3. The monoisotopic (exact) mass is 368 g/mol. The van der Waals surface area contributed by atoms with Crippen LogP contribution in [0.2, 0.25) is 0 Å². The standard InChI is InChI=1S/C20H20N2O5/c1-13-17(19(24)27-11-10-26-16-8-3-2-4-9-16)18(22-20(25)21-13)14-6-5-7-15(23)12-14/h2-9,12,18,23H,10-11H2,1H3,(H2,21,22,25)/t18-/m0/s1. The molecule has 7 nitrogen and oxygen atoms in total. The van der Waals surface area contributed by atoms with E-state index in [0.717, 1.165) is 0 Å². The predicted octanol–water partition coefficient (Wildman–Crippen LogP) is 2.64. The molecule has 0 aromatic heterocycles. The summed E-state index contributed by atoms with van der Waals surface area (Å²) < 4.78 is 10.8. The highest BCUT2D eigenvalue weighted by molar-refractivity contribution is 5.95. The lowest BCUT2D eigenvalue weighted by Gasteiger charge is -2.28. The first-order valence-electron chi connectivity index (χ1n) is 8.47. The number of hydrogen-bond donors (Lipinski definition) is 3. The molecule has 0 bridgehead atoms. The summed E-state index contributed by atoms with van der Waals surface area (Å²) >= 11 is 0. The lowest BCUT2D eigenvalue weighted by molar-refractivity contribution is -0.140. The maximum absolute atomic E-state index is 12.6. The van der Waals surface area contributed by atoms with Crippen molar-refractivity contribution in [2.45, 2.75) is 13.0 Å². The fourth-order valence-corrected chi connectivity index (χ4v) is 2.81. The molecule has 2 amide bonds. The highest BCUT2D eigenvalue weighted by atomic mass is 16.6. The van der Waals surface area contributed by atoms with E-state index in [0.29, 0.717) is 17.0 Å². The van der Waals surface area contributed by atoms with Crippen LogP contribution in [0.1, 0.15) is 18.5 Å². The lowest BCUT2D eigenvalue weighted by Crippen LogP contribution is -2.45. The third-order valence-electron chi connectivity index (χ3n) is 4.02. The Morgan fingerprint density at radius 1 is 1.11 bits per heavy atom. The maximum Gasteiger partial charge on any atom is 0.338 e. The second-order valence-electron chi connectivity index (χ2n) is 5.96. The number of allylic oxidation sites excluding steroid dienone is 1. The number of ether oxygens (including phenoxy) is 2. The van der Waals surface area contributed by atoms with Crippen LogP contribution in [0.25, 0.3) is 0 Å². The summed E-state index contributed by atoms with van der Waals surface area (Å²) in [5, 5.41) is 15.0. The van der Waals surface area contributed by atoms with Crippen molar-refractivity contribution in [1.29, 1.82) is 0 Å². The molecule has 0 radical (unpaired) electrons. The number of phenolic OH excluding ortho intramolecular Hbond substituents is 1. The van der Waals surface area contributed by atoms with Crippen LogP contribution in [0, 0.1) is 0 Å². The van der Waals surface area contributed by atoms with E-state index in [9.17, 15) is 14.7 Å². The van der Waals surface area contributed by atoms with Gasteiger partial charge in [-0.05, 0) is 36.8 Å². The SMILES string of the molecule is CC1=C(C(=O)OCCOc2ccccc2)[C@H](c2cccc(O)c2)NC(=O)N1. The van der Waals surface area contributed by atoms with E-state index in [1.807, 2.05) is 30.3 Å². The summed E-state index contributed by atoms with van der Waals surface area (Å²) in [5.74, 6) is 0.167. The zero-order valence-electron chi connectivity index (χ0n) is 14.8. The van der Waals surface area contributed by atoms with E-state index in [2.05, 4.69) is 10.6 Å². The van der Waals surface area contributed by atoms with Crippen molar-refractivity contribution in [3.8, 4) is 11.5 Å². The Bertz CT molecular complexity index is 864. The molecule has 1 atom stereocenters. The maximum atomic E-state index is 12.6. The minimum atomic E-state index is -0.714. The van der Waals surface area contributed by atoms with Crippen molar-refractivity contribution in [3.63, 3.8) is 0 Å². The van der Waals surface area contributed by atoms with Crippen LogP contribution in [0.3, 0.4) is 0 Å². The number of rotatable bonds is 6. The molecule has 0 fully saturated rings. The summed E-state index contributed by atoms with van der Waals surface area (Å²) in [4.78, 5) is 24.4. The Kier molecular flexibility index (Phi) is 5.61. The Balaban J connectivity index is 1.68. The van der Waals surface area contributed by atoms with Gasteiger partial charge in [-0.25, -0.2) is 9.59 Å². The fourth-order valence-electron chi connectivity index (χ4n) is 2.81. The number of benzene rings is 2. The minimum absolute atomic E-state index is 0.0434. The molecule has 2 aromatic carbocycles. The van der Waals surface area contributed by atoms with Crippen molar-refractivity contribution in [2.75, 3.05) is 13.2 Å². The average Bonchev–Trinajstić information content (AvgIpc) is 2.65. The van der Waals surface area contributed by atoms with Crippen molar-refractivity contribution >= 4 is 12.0 Å². The van der Waals surface area contributed by atoms with Gasteiger partial charge in [0.05, 0.1) is 11.6 Å². The summed E-state index contributed by atoms with van der Waals surface area (Å²) in [5.41, 5.74) is 1.26. The van der Waals surface area contributed by atoms with Crippen LogP contribution in [0.4, 0.5) is 4.79 Å². The molecule has 3 rings (SSSR count). The Labute approximate surface area is 156 Å². The fraction of sp³-hybridized carbons (Fsp3) is 0.200. The second kappa shape index (κ2) is 8.27. The van der Waals surface area contributed by atoms with E-state index in [1.54, 1.807) is 19.1 Å². The number of carbonyl (C=O) groups is 2. The minimum Gasteiger partial charge on any atom is -0.508 e. The first-order chi connectivity index (χ1) is 13.0. The van der Waals surface area contributed by atoms with Crippen molar-refractivity contribution in [2.24, 2.45) is 0 Å². The highest BCUT2D eigenvalue weighted by Gasteiger charge is 2.32. The molecule has 3 N–H and O–H groups in total. The summed E-state index contributed by atoms with van der Waals surface area (Å²) in [6.45, 7) is 1.90. The van der Waals surface area contributed by atoms with Crippen LogP contribution in [-0.2, 0) is 9.53 Å². The van der Waals surface area contributed by atoms with Crippen LogP contribution in [0.15, 0.2) is 65.9 Å². The third-order valence-corrected chi connectivity index (χ3v) is 4.02. The van der Waals surface area contributed by atoms with Crippen LogP contribution >= 0.6 is 0 Å². The van der Waals surface area contributed by atoms with E-state index in [1.165, 1.54) is 12.1 Å². The molecular weight excluding hydrogens is 348 g/mol. The van der Waals surface area contributed by atoms with Crippen LogP contribution < -0.4 is 15.4 Å². The number of para-hydroxylation sites is 1. The quantitative estimate of drug-likeness (QED) is 0.538. The van der Waals surface area contributed by atoms with Gasteiger partial charge in [-0.1, -0.05) is 30.3 Å². The highest BCUT2D eigenvalue weighted by Crippen LogP contribution is 2.29. The molecule has 0 saturated heterocycles. The van der Waals surface area contributed by atoms with Crippen LogP contribution in [0.5, 0.6) is 11.5 Å². The van der Waals surface area contributed by atoms with Crippen LogP contribution in [-0.4, -0.2) is 30.3 Å². The summed E-state index contributed by atoms with van der Waals surface area (Å²) in [7, 11) is 0. The van der Waals surface area contributed by atoms with Crippen molar-refractivity contribution < 1.29 is 24.2 Å². The van der Waals surface area contributed by atoms with Crippen molar-refractivity contribution in [3.05, 3.63) is 71.4 Å². The van der Waals surface area contributed by atoms with Gasteiger partial charge in [-0.3, -0.25) is 0 Å². The largest absolute Gasteiger partial charge is 0.508 e. The van der Waals surface area contributed by atoms with E-state index in [-0.39, 0.29) is 24.5 Å². The van der Waals surface area contributed by atoms with Gasteiger partial charge in [0.1, 0.15) is 24.7 Å². The number of esters is 1. The van der Waals surface area contributed by atoms with Gasteiger partial charge in [0, 0.05) is 5.70 Å². The van der Waals surface area contributed by atoms with E-state index < -0.39 is 18.0 Å². The zero-order valence-corrected chi connectivity index (χ0v) is 14.8. The molecule has 0 aliphatic carbocycles. The molecule has 0 saturated carbocycles. The zero-order chi connectivity index (χ0) is 19.2. The molecule has 2 aromatic rings. The Hall–Kier alpha value is -3.48. The van der Waals surface area contributed by atoms with E-state index >= 15 is 0 Å². The van der Waals surface area contributed by atoms with Gasteiger partial charge in [0.15, 0.2) is 0 Å². The molecule has 0 spiro atoms. The second-order valence-corrected chi connectivity index (χ2v) is 5.96. The lowest BCUT2D eigenvalue weighted by atomic mass is 9.95. The number of nitrogens with one attached hydrogen (secondary N) is 2. The number of carbonyl (C=O) groups excluding carboxylic acids is 2. The molecule has 7 heteroatoms. The van der Waals surface area contributed by atoms with Gasteiger partial charge in [-0.15, -0.1) is 0 Å². The normalized spacial score (nSPS) is 16.3. The topological polar surface area (TPSA) is 96.9 Å². The first-order valence-corrected chi connectivity index (χ1v) is 8.47. The summed E-state index contributed by atoms with van der Waals surface area (Å²) in [6.07, 6.45) is 0. The number of urea groups is 1. The average molecular weight is 368 g/mol. The van der Waals surface area contributed by atoms with Crippen molar-refractivity contribution in [1.82, 2.24) is 10.6 Å². The van der Waals surface area contributed by atoms with Gasteiger partial charge in [-0.2, -0.15) is 0 Å². The van der Waals surface area contributed by atoms with Gasteiger partial charge < -0.3 is 25.2 Å². The molecule has 0 unspecified atom stereocenters.